The molecule has 27 heavy (non-hydrogen) atoms. The number of amides is 1. The molecule has 0 aromatic heterocycles. The number of rotatable bonds is 3. The molecule has 1 heterocycles. The van der Waals surface area contributed by atoms with E-state index < -0.39 is 33.1 Å². The molecule has 0 radical (unpaired) electrons. The lowest BCUT2D eigenvalue weighted by Gasteiger charge is -2.32. The number of aliphatic hydroxyl groups is 1. The van der Waals surface area contributed by atoms with Gasteiger partial charge in [0.05, 0.1) is 10.6 Å². The van der Waals surface area contributed by atoms with Crippen molar-refractivity contribution in [2.24, 2.45) is 0 Å². The maximum Gasteiger partial charge on any atom is 0.242 e. The number of hydrogen-bond acceptors (Lipinski definition) is 6. The van der Waals surface area contributed by atoms with Gasteiger partial charge in [0, 0.05) is 24.9 Å². The van der Waals surface area contributed by atoms with Crippen molar-refractivity contribution in [1.82, 2.24) is 0 Å². The lowest BCUT2D eigenvalue weighted by atomic mass is 9.88. The fraction of sp³-hybridized carbons (Fsp3) is 0.421. The van der Waals surface area contributed by atoms with Crippen LogP contribution in [-0.4, -0.2) is 43.3 Å². The molecule has 1 aliphatic heterocycles. The van der Waals surface area contributed by atoms with Crippen molar-refractivity contribution in [2.75, 3.05) is 17.2 Å². The summed E-state index contributed by atoms with van der Waals surface area (Å²) in [6.07, 6.45) is 0.922. The van der Waals surface area contributed by atoms with Crippen LogP contribution in [0.25, 0.3) is 0 Å². The molecule has 1 N–H and O–H groups in total. The zero-order chi connectivity index (χ0) is 20.1. The summed E-state index contributed by atoms with van der Waals surface area (Å²) in [6, 6.07) is 1.43. The fourth-order valence-electron chi connectivity index (χ4n) is 3.82. The highest BCUT2D eigenvalue weighted by Gasteiger charge is 2.38. The van der Waals surface area contributed by atoms with Gasteiger partial charge in [0.15, 0.2) is 21.4 Å². The third kappa shape index (κ3) is 2.97. The Morgan fingerprint density at radius 1 is 1.22 bits per heavy atom. The van der Waals surface area contributed by atoms with E-state index in [1.807, 2.05) is 0 Å². The molecule has 3 rings (SSSR count). The van der Waals surface area contributed by atoms with Crippen LogP contribution in [-0.2, 0) is 19.4 Å². The molecule has 0 saturated heterocycles. The molecule has 0 unspecified atom stereocenters. The normalized spacial score (nSPS) is 19.3. The molecule has 2 aliphatic rings. The smallest absolute Gasteiger partial charge is 0.242 e. The minimum absolute atomic E-state index is 0.0474. The van der Waals surface area contributed by atoms with Gasteiger partial charge in [0.25, 0.3) is 0 Å². The first-order valence-electron chi connectivity index (χ1n) is 8.77. The second kappa shape index (κ2) is 6.60. The second-order valence-electron chi connectivity index (χ2n) is 6.87. The van der Waals surface area contributed by atoms with Gasteiger partial charge in [-0.05, 0) is 44.4 Å². The van der Waals surface area contributed by atoms with E-state index in [2.05, 4.69) is 0 Å². The van der Waals surface area contributed by atoms with E-state index in [0.29, 0.717) is 17.5 Å². The number of anilines is 1. The molecule has 0 atom stereocenters. The van der Waals surface area contributed by atoms with Crippen molar-refractivity contribution in [2.45, 2.75) is 44.9 Å². The number of Topliss-reactive ketones (excluding diaryl/α,β-unsaturated/α-hetero) is 2. The Morgan fingerprint density at radius 3 is 2.48 bits per heavy atom. The van der Waals surface area contributed by atoms with Crippen LogP contribution in [0.3, 0.4) is 0 Å². The van der Waals surface area contributed by atoms with E-state index in [0.717, 1.165) is 0 Å². The second-order valence-corrected chi connectivity index (χ2v) is 8.79. The average molecular weight is 391 g/mol. The first-order chi connectivity index (χ1) is 12.6. The summed E-state index contributed by atoms with van der Waals surface area (Å²) < 4.78 is 25.1. The summed E-state index contributed by atoms with van der Waals surface area (Å²) in [6.45, 7) is 5.11. The number of benzene rings is 1. The van der Waals surface area contributed by atoms with Crippen LogP contribution in [0.1, 0.15) is 47.7 Å². The largest absolute Gasteiger partial charge is 0.511 e. The van der Waals surface area contributed by atoms with Crippen LogP contribution < -0.4 is 4.90 Å². The summed E-state index contributed by atoms with van der Waals surface area (Å²) in [5, 5.41) is 10.1. The molecule has 8 heteroatoms. The number of nitrogens with zero attached hydrogens (tertiary/aromatic N) is 1. The maximum atomic E-state index is 13.0. The summed E-state index contributed by atoms with van der Waals surface area (Å²) in [5.74, 6) is -2.44. The SMILES string of the molecule is CCN1C(=O)CS(=O)(=O)c2c(C)cc(C(=O)C3=C(O)CCCC3=O)c(C)c21. The molecule has 7 nitrogen and oxygen atoms in total. The lowest BCUT2D eigenvalue weighted by molar-refractivity contribution is -0.117. The highest BCUT2D eigenvalue weighted by Crippen LogP contribution is 2.39. The molecule has 1 amide bonds. The van der Waals surface area contributed by atoms with Crippen molar-refractivity contribution in [3.63, 3.8) is 0 Å². The molecular weight excluding hydrogens is 370 g/mol. The van der Waals surface area contributed by atoms with Gasteiger partial charge in [-0.15, -0.1) is 0 Å². The first kappa shape index (κ1) is 19.3. The first-order valence-corrected chi connectivity index (χ1v) is 10.4. The van der Waals surface area contributed by atoms with Crippen LogP contribution >= 0.6 is 0 Å². The maximum absolute atomic E-state index is 13.0. The zero-order valence-electron chi connectivity index (χ0n) is 15.5. The molecule has 144 valence electrons. The third-order valence-electron chi connectivity index (χ3n) is 5.06. The van der Waals surface area contributed by atoms with Crippen molar-refractivity contribution in [3.05, 3.63) is 34.1 Å². The van der Waals surface area contributed by atoms with E-state index in [-0.39, 0.29) is 46.9 Å². The van der Waals surface area contributed by atoms with Crippen LogP contribution in [0.2, 0.25) is 0 Å². The molecule has 1 aliphatic carbocycles. The van der Waals surface area contributed by atoms with Gasteiger partial charge >= 0.3 is 0 Å². The summed E-state index contributed by atoms with van der Waals surface area (Å²) in [4.78, 5) is 38.9. The number of sulfone groups is 1. The molecular formula is C19H21NO6S. The van der Waals surface area contributed by atoms with Gasteiger partial charge in [-0.2, -0.15) is 0 Å². The molecule has 0 spiro atoms. The number of hydrogen-bond donors (Lipinski definition) is 1. The topological polar surface area (TPSA) is 109 Å². The molecule has 0 saturated carbocycles. The Kier molecular flexibility index (Phi) is 4.71. The molecule has 1 aromatic carbocycles. The quantitative estimate of drug-likeness (QED) is 0.625. The number of aryl methyl sites for hydroxylation is 1. The van der Waals surface area contributed by atoms with Gasteiger partial charge in [0.1, 0.15) is 17.1 Å². The number of carbonyl (C=O) groups is 3. The van der Waals surface area contributed by atoms with Gasteiger partial charge in [-0.3, -0.25) is 14.4 Å². The van der Waals surface area contributed by atoms with E-state index in [1.54, 1.807) is 20.8 Å². The van der Waals surface area contributed by atoms with Crippen LogP contribution in [0.5, 0.6) is 0 Å². The number of aliphatic hydroxyl groups excluding tert-OH is 1. The van der Waals surface area contributed by atoms with Gasteiger partial charge < -0.3 is 10.0 Å². The minimum Gasteiger partial charge on any atom is -0.511 e. The lowest BCUT2D eigenvalue weighted by Crippen LogP contribution is -2.42. The summed E-state index contributed by atoms with van der Waals surface area (Å²) in [5.41, 5.74) is 0.745. The number of carbonyl (C=O) groups excluding carboxylic acids is 3. The monoisotopic (exact) mass is 391 g/mol. The predicted octanol–water partition coefficient (Wildman–Crippen LogP) is 2.19. The Labute approximate surface area is 157 Å². The molecule has 0 bridgehead atoms. The molecule has 0 fully saturated rings. The average Bonchev–Trinajstić information content (AvgIpc) is 2.56. The standard InChI is InChI=1S/C19H21NO6S/c1-4-20-15(23)9-27(25,26)19-10(2)8-12(11(3)17(19)20)18(24)16-13(21)6-5-7-14(16)22/h8,21H,4-7,9H2,1-3H3. The highest BCUT2D eigenvalue weighted by atomic mass is 32.2. The number of fused-ring (bicyclic) bond motifs is 1. The van der Waals surface area contributed by atoms with Crippen LogP contribution in [0.15, 0.2) is 22.3 Å². The van der Waals surface area contributed by atoms with E-state index >= 15 is 0 Å². The van der Waals surface area contributed by atoms with Crippen LogP contribution in [0.4, 0.5) is 5.69 Å². The Hall–Kier alpha value is -2.48. The van der Waals surface area contributed by atoms with E-state index in [4.69, 9.17) is 0 Å². The van der Waals surface area contributed by atoms with E-state index in [1.165, 1.54) is 11.0 Å². The minimum atomic E-state index is -3.81. The fourth-order valence-corrected chi connectivity index (χ4v) is 5.55. The highest BCUT2D eigenvalue weighted by molar-refractivity contribution is 7.92. The van der Waals surface area contributed by atoms with Crippen molar-refractivity contribution in [3.8, 4) is 0 Å². The van der Waals surface area contributed by atoms with E-state index in [9.17, 15) is 27.9 Å². The van der Waals surface area contributed by atoms with Gasteiger partial charge in [-0.25, -0.2) is 8.42 Å². The summed E-state index contributed by atoms with van der Waals surface area (Å²) in [7, 11) is -3.81. The number of allylic oxidation sites excluding steroid dienone is 2. The number of ketones is 2. The van der Waals surface area contributed by atoms with Crippen molar-refractivity contribution < 1.29 is 27.9 Å². The molecule has 1 aromatic rings. The van der Waals surface area contributed by atoms with Crippen molar-refractivity contribution >= 4 is 33.0 Å². The summed E-state index contributed by atoms with van der Waals surface area (Å²) >= 11 is 0. The Bertz CT molecular complexity index is 1020. The Morgan fingerprint density at radius 2 is 1.89 bits per heavy atom. The van der Waals surface area contributed by atoms with Gasteiger partial charge in [-0.1, -0.05) is 0 Å². The van der Waals surface area contributed by atoms with Crippen molar-refractivity contribution in [1.29, 1.82) is 0 Å². The van der Waals surface area contributed by atoms with Crippen LogP contribution in [0, 0.1) is 13.8 Å². The zero-order valence-corrected chi connectivity index (χ0v) is 16.3. The predicted molar refractivity (Wildman–Crippen MR) is 98.8 cm³/mol. The Balaban J connectivity index is 2.29. The third-order valence-corrected chi connectivity index (χ3v) is 6.83. The van der Waals surface area contributed by atoms with Gasteiger partial charge in [0.2, 0.25) is 5.91 Å².